The molecule has 6 fully saturated rings. The predicted molar refractivity (Wildman–Crippen MR) is 167 cm³/mol. The third-order valence-electron chi connectivity index (χ3n) is 10.8. The number of hydrogen-bond donors (Lipinski definition) is 5. The van der Waals surface area contributed by atoms with Crippen molar-refractivity contribution in [1.82, 2.24) is 15.3 Å². The zero-order chi connectivity index (χ0) is 31.6. The van der Waals surface area contributed by atoms with Gasteiger partial charge in [-0.1, -0.05) is 12.1 Å². The van der Waals surface area contributed by atoms with Gasteiger partial charge in [0.05, 0.1) is 12.6 Å². The number of guanidine groups is 1. The zero-order valence-electron chi connectivity index (χ0n) is 26.0. The number of aryl methyl sites for hydroxylation is 1. The number of fused-ring (bicyclic) bond motifs is 1. The molecule has 12 heteroatoms. The van der Waals surface area contributed by atoms with Crippen LogP contribution in [-0.2, 0) is 25.5 Å². The standard InChI is InChI=1S/C33H48N6O6/c34-31(35)36-25-8-5-21(6-9-25)7-10-27(30(41)44-14-11-33-18-22-15-23(19-33)17-24(16-22)20-33)37-26-3-1-12-38-13-2-4-28(45-32(42)43)39(38)29(26)40/h5-6,8-9,22-24,26-28,37H,1-4,7,10-20H2,(H,42,43)(H4,34,35,36)/t22?,23?,24?,26-,27-,28-,33?/m0/s1. The van der Waals surface area contributed by atoms with Crippen molar-refractivity contribution in [3.63, 3.8) is 0 Å². The number of rotatable bonds is 11. The third-order valence-corrected chi connectivity index (χ3v) is 10.8. The Morgan fingerprint density at radius 3 is 2.31 bits per heavy atom. The van der Waals surface area contributed by atoms with Gasteiger partial charge in [-0.25, -0.2) is 14.8 Å². The highest BCUT2D eigenvalue weighted by Crippen LogP contribution is 2.61. The molecule has 1 amide bonds. The summed E-state index contributed by atoms with van der Waals surface area (Å²) in [4.78, 5) is 39.0. The predicted octanol–water partition coefficient (Wildman–Crippen LogP) is 4.05. The summed E-state index contributed by atoms with van der Waals surface area (Å²) in [7, 11) is 0. The smallest absolute Gasteiger partial charge is 0.465 e. The molecule has 0 unspecified atom stereocenters. The normalized spacial score (nSPS) is 31.5. The fraction of sp³-hybridized carbons (Fsp3) is 0.697. The average Bonchev–Trinajstić information content (AvgIpc) is 3.13. The minimum Gasteiger partial charge on any atom is -0.465 e. The second-order valence-electron chi connectivity index (χ2n) is 14.1. The van der Waals surface area contributed by atoms with Crippen LogP contribution in [0.4, 0.5) is 10.5 Å². The number of hydrogen-bond acceptors (Lipinski definition) is 8. The van der Waals surface area contributed by atoms with Crippen LogP contribution in [0.5, 0.6) is 0 Å². The molecule has 2 saturated heterocycles. The van der Waals surface area contributed by atoms with Crippen LogP contribution in [0.1, 0.15) is 82.6 Å². The van der Waals surface area contributed by atoms with E-state index in [1.54, 1.807) is 0 Å². The number of nitrogens with two attached hydrogens (primary N) is 1. The Bertz CT molecular complexity index is 1220. The maximum atomic E-state index is 13.9. The maximum absolute atomic E-state index is 13.9. The van der Waals surface area contributed by atoms with E-state index in [1.807, 2.05) is 29.3 Å². The minimum atomic E-state index is -1.41. The number of carbonyl (C=O) groups is 3. The van der Waals surface area contributed by atoms with Crippen molar-refractivity contribution in [1.29, 1.82) is 5.41 Å². The van der Waals surface area contributed by atoms with E-state index in [4.69, 9.17) is 20.6 Å². The van der Waals surface area contributed by atoms with Gasteiger partial charge in [-0.05, 0) is 118 Å². The van der Waals surface area contributed by atoms with Gasteiger partial charge in [0.25, 0.3) is 5.91 Å². The maximum Gasteiger partial charge on any atom is 0.507 e. The molecule has 12 nitrogen and oxygen atoms in total. The summed E-state index contributed by atoms with van der Waals surface area (Å²) >= 11 is 0. The van der Waals surface area contributed by atoms with Crippen molar-refractivity contribution in [2.75, 3.05) is 25.0 Å². The van der Waals surface area contributed by atoms with Crippen LogP contribution in [0.2, 0.25) is 0 Å². The van der Waals surface area contributed by atoms with E-state index in [-0.39, 0.29) is 17.8 Å². The van der Waals surface area contributed by atoms with Crippen molar-refractivity contribution in [3.05, 3.63) is 29.8 Å². The first kappa shape index (κ1) is 31.6. The number of ether oxygens (including phenoxy) is 2. The lowest BCUT2D eigenvalue weighted by molar-refractivity contribution is -0.190. The van der Waals surface area contributed by atoms with Crippen LogP contribution < -0.4 is 16.4 Å². The Labute approximate surface area is 264 Å². The zero-order valence-corrected chi connectivity index (χ0v) is 26.0. The Morgan fingerprint density at radius 2 is 1.69 bits per heavy atom. The first-order chi connectivity index (χ1) is 21.7. The first-order valence-electron chi connectivity index (χ1n) is 16.8. The Balaban J connectivity index is 1.13. The monoisotopic (exact) mass is 624 g/mol. The summed E-state index contributed by atoms with van der Waals surface area (Å²) in [6, 6.07) is 6.15. The molecule has 6 aliphatic rings. The molecular weight excluding hydrogens is 576 g/mol. The van der Waals surface area contributed by atoms with E-state index >= 15 is 0 Å². The number of carboxylic acid groups (broad SMARTS) is 1. The van der Waals surface area contributed by atoms with E-state index in [2.05, 4.69) is 10.6 Å². The molecule has 2 heterocycles. The number of benzene rings is 1. The highest BCUT2D eigenvalue weighted by Gasteiger charge is 2.50. The second kappa shape index (κ2) is 13.5. The summed E-state index contributed by atoms with van der Waals surface area (Å²) in [5.74, 6) is 1.75. The summed E-state index contributed by atoms with van der Waals surface area (Å²) < 4.78 is 11.1. The van der Waals surface area contributed by atoms with Gasteiger partial charge in [0.2, 0.25) is 0 Å². The molecule has 0 aromatic heterocycles. The first-order valence-corrected chi connectivity index (χ1v) is 16.8. The van der Waals surface area contributed by atoms with Gasteiger partial charge in [-0.3, -0.25) is 20.3 Å². The molecule has 4 bridgehead atoms. The number of anilines is 1. The number of nitrogens with zero attached hydrogens (tertiary/aromatic N) is 2. The van der Waals surface area contributed by atoms with Gasteiger partial charge in [0, 0.05) is 25.2 Å². The third kappa shape index (κ3) is 7.54. The number of nitrogens with one attached hydrogen (secondary N) is 3. The number of carbonyl (C=O) groups excluding carboxylic acids is 2. The molecule has 0 radical (unpaired) electrons. The van der Waals surface area contributed by atoms with Crippen LogP contribution in [0.3, 0.4) is 0 Å². The van der Waals surface area contributed by atoms with Crippen molar-refractivity contribution >= 4 is 29.7 Å². The van der Waals surface area contributed by atoms with Crippen LogP contribution in [0.25, 0.3) is 0 Å². The Kier molecular flexibility index (Phi) is 9.51. The van der Waals surface area contributed by atoms with Gasteiger partial charge >= 0.3 is 12.1 Å². The van der Waals surface area contributed by atoms with E-state index < -0.39 is 24.5 Å². The molecule has 45 heavy (non-hydrogen) atoms. The largest absolute Gasteiger partial charge is 0.507 e. The molecule has 1 aromatic carbocycles. The minimum absolute atomic E-state index is 0.139. The highest BCUT2D eigenvalue weighted by molar-refractivity contribution is 5.89. The quantitative estimate of drug-likeness (QED) is 0.137. The van der Waals surface area contributed by atoms with Gasteiger partial charge in [-0.15, -0.1) is 0 Å². The molecule has 1 aromatic rings. The van der Waals surface area contributed by atoms with Crippen LogP contribution in [0.15, 0.2) is 24.3 Å². The van der Waals surface area contributed by atoms with Crippen LogP contribution in [-0.4, -0.2) is 77.1 Å². The lowest BCUT2D eigenvalue weighted by atomic mass is 9.49. The lowest BCUT2D eigenvalue weighted by Crippen LogP contribution is -2.61. The van der Waals surface area contributed by atoms with Crippen molar-refractivity contribution in [3.8, 4) is 0 Å². The van der Waals surface area contributed by atoms with E-state index in [0.29, 0.717) is 56.5 Å². The second-order valence-corrected chi connectivity index (χ2v) is 14.1. The molecular formula is C33H48N6O6. The molecule has 3 atom stereocenters. The average molecular weight is 625 g/mol. The summed E-state index contributed by atoms with van der Waals surface area (Å²) in [6.45, 7) is 1.66. The number of esters is 1. The summed E-state index contributed by atoms with van der Waals surface area (Å²) in [5, 5.41) is 26.2. The Hall–Kier alpha value is -3.38. The Morgan fingerprint density at radius 1 is 1.04 bits per heavy atom. The number of amides is 1. The molecule has 246 valence electrons. The van der Waals surface area contributed by atoms with Crippen LogP contribution in [0, 0.1) is 28.6 Å². The fourth-order valence-corrected chi connectivity index (χ4v) is 9.30. The lowest BCUT2D eigenvalue weighted by Gasteiger charge is -2.57. The molecule has 6 N–H and O–H groups in total. The van der Waals surface area contributed by atoms with Gasteiger partial charge in [-0.2, -0.15) is 0 Å². The van der Waals surface area contributed by atoms with E-state index in [0.717, 1.165) is 42.6 Å². The topological polar surface area (TPSA) is 170 Å². The molecule has 2 aliphatic heterocycles. The van der Waals surface area contributed by atoms with Crippen molar-refractivity contribution in [2.45, 2.75) is 102 Å². The van der Waals surface area contributed by atoms with Gasteiger partial charge in [0.1, 0.15) is 6.04 Å². The molecule has 7 rings (SSSR count). The molecule has 0 spiro atoms. The van der Waals surface area contributed by atoms with E-state index in [9.17, 15) is 19.5 Å². The fourth-order valence-electron chi connectivity index (χ4n) is 9.30. The molecule has 4 aliphatic carbocycles. The number of hydrazine groups is 1. The van der Waals surface area contributed by atoms with Crippen molar-refractivity contribution in [2.24, 2.45) is 28.9 Å². The van der Waals surface area contributed by atoms with Gasteiger partial charge in [0.15, 0.2) is 12.2 Å². The summed E-state index contributed by atoms with van der Waals surface area (Å²) in [6.07, 6.45) is 9.93. The van der Waals surface area contributed by atoms with Gasteiger partial charge < -0.3 is 25.6 Å². The summed E-state index contributed by atoms with van der Waals surface area (Å²) in [5.41, 5.74) is 7.46. The van der Waals surface area contributed by atoms with Crippen molar-refractivity contribution < 1.29 is 29.0 Å². The SMILES string of the molecule is N=C(N)Nc1ccc(CC[C@H](N[C@H]2CCCN3CCC[C@H](OC(=O)O)N3C2=O)C(=O)OCCC23CC4CC(CC(C4)C2)C3)cc1. The van der Waals surface area contributed by atoms with Crippen LogP contribution >= 0.6 is 0 Å². The van der Waals surface area contributed by atoms with E-state index in [1.165, 1.54) is 43.5 Å². The molecule has 4 saturated carbocycles. The highest BCUT2D eigenvalue weighted by atomic mass is 16.7.